The van der Waals surface area contributed by atoms with Gasteiger partial charge in [-0.1, -0.05) is 37.5 Å². The van der Waals surface area contributed by atoms with Gasteiger partial charge in [0.15, 0.2) is 0 Å². The Labute approximate surface area is 139 Å². The third-order valence-corrected chi connectivity index (χ3v) is 5.66. The molecule has 2 fully saturated rings. The fourth-order valence-corrected chi connectivity index (χ4v) is 3.97. The lowest BCUT2D eigenvalue weighted by Crippen LogP contribution is -2.29. The van der Waals surface area contributed by atoms with Crippen LogP contribution in [0.15, 0.2) is 18.2 Å². The van der Waals surface area contributed by atoms with Gasteiger partial charge in [0.1, 0.15) is 0 Å². The fourth-order valence-electron chi connectivity index (χ4n) is 3.97. The summed E-state index contributed by atoms with van der Waals surface area (Å²) in [6.07, 6.45) is 8.75. The van der Waals surface area contributed by atoms with Crippen LogP contribution >= 0.6 is 0 Å². The number of aliphatic carboxylic acids is 1. The van der Waals surface area contributed by atoms with E-state index in [2.05, 4.69) is 12.1 Å². The number of benzene rings is 1. The Hall–Kier alpha value is -1.35. The molecule has 0 bridgehead atoms. The minimum absolute atomic E-state index is 0.150. The molecule has 1 aromatic carbocycles. The molecule has 1 N–H and O–H groups in total. The molecule has 3 rings (SSSR count). The van der Waals surface area contributed by atoms with Gasteiger partial charge < -0.3 is 9.84 Å². The van der Waals surface area contributed by atoms with E-state index in [4.69, 9.17) is 4.74 Å². The highest BCUT2D eigenvalue weighted by Gasteiger charge is 2.32. The summed E-state index contributed by atoms with van der Waals surface area (Å²) in [7, 11) is 0. The van der Waals surface area contributed by atoms with Crippen molar-refractivity contribution in [2.75, 3.05) is 6.61 Å². The zero-order chi connectivity index (χ0) is 16.4. The van der Waals surface area contributed by atoms with E-state index >= 15 is 0 Å². The second kappa shape index (κ2) is 6.64. The van der Waals surface area contributed by atoms with Crippen LogP contribution in [0.5, 0.6) is 0 Å². The van der Waals surface area contributed by atoms with Crippen LogP contribution in [0.4, 0.5) is 0 Å². The van der Waals surface area contributed by atoms with Gasteiger partial charge in [-0.2, -0.15) is 0 Å². The van der Waals surface area contributed by atoms with E-state index in [1.165, 1.54) is 43.2 Å². The molecule has 0 radical (unpaired) electrons. The Morgan fingerprint density at radius 1 is 1.09 bits per heavy atom. The second-order valence-electron chi connectivity index (χ2n) is 7.61. The number of carboxylic acids is 1. The van der Waals surface area contributed by atoms with Gasteiger partial charge >= 0.3 is 5.97 Å². The van der Waals surface area contributed by atoms with E-state index in [0.29, 0.717) is 5.92 Å². The molecule has 23 heavy (non-hydrogen) atoms. The number of ether oxygens (including phenoxy) is 1. The molecule has 1 saturated carbocycles. The van der Waals surface area contributed by atoms with Gasteiger partial charge in [0.25, 0.3) is 0 Å². The van der Waals surface area contributed by atoms with Gasteiger partial charge in [0, 0.05) is 6.61 Å². The average Bonchev–Trinajstić information content (AvgIpc) is 3.09. The lowest BCUT2D eigenvalue weighted by Gasteiger charge is -2.28. The Morgan fingerprint density at radius 3 is 2.43 bits per heavy atom. The zero-order valence-electron chi connectivity index (χ0n) is 14.3. The molecule has 0 amide bonds. The van der Waals surface area contributed by atoms with Crippen LogP contribution in [-0.2, 0) is 14.9 Å². The number of rotatable bonds is 4. The Morgan fingerprint density at radius 2 is 1.83 bits per heavy atom. The minimum atomic E-state index is -0.863. The molecule has 1 aromatic rings. The van der Waals surface area contributed by atoms with Crippen molar-refractivity contribution < 1.29 is 14.6 Å². The van der Waals surface area contributed by atoms with Crippen molar-refractivity contribution in [2.45, 2.75) is 76.2 Å². The van der Waals surface area contributed by atoms with Gasteiger partial charge in [0.05, 0.1) is 11.5 Å². The maximum Gasteiger partial charge on any atom is 0.313 e. The predicted octanol–water partition coefficient (Wildman–Crippen LogP) is 4.95. The van der Waals surface area contributed by atoms with E-state index in [0.717, 1.165) is 25.0 Å². The summed E-state index contributed by atoms with van der Waals surface area (Å²) in [6, 6.07) is 6.33. The molecule has 126 valence electrons. The Kier molecular flexibility index (Phi) is 4.77. The van der Waals surface area contributed by atoms with Crippen LogP contribution in [0.2, 0.25) is 0 Å². The first-order valence-corrected chi connectivity index (χ1v) is 8.99. The third kappa shape index (κ3) is 3.30. The topological polar surface area (TPSA) is 46.5 Å². The normalized spacial score (nSPS) is 23.1. The van der Waals surface area contributed by atoms with E-state index in [-0.39, 0.29) is 6.10 Å². The number of hydrogen-bond acceptors (Lipinski definition) is 2. The van der Waals surface area contributed by atoms with Crippen LogP contribution in [0.1, 0.15) is 87.5 Å². The van der Waals surface area contributed by atoms with E-state index in [1.807, 2.05) is 6.07 Å². The lowest BCUT2D eigenvalue weighted by atomic mass is 9.77. The molecule has 1 aliphatic carbocycles. The summed E-state index contributed by atoms with van der Waals surface area (Å²) >= 11 is 0. The van der Waals surface area contributed by atoms with E-state index in [9.17, 15) is 9.90 Å². The summed E-state index contributed by atoms with van der Waals surface area (Å²) in [4.78, 5) is 11.6. The summed E-state index contributed by atoms with van der Waals surface area (Å²) in [5.74, 6) is -0.161. The fraction of sp³-hybridized carbons (Fsp3) is 0.650. The van der Waals surface area contributed by atoms with Gasteiger partial charge in [-0.25, -0.2) is 0 Å². The maximum absolute atomic E-state index is 11.6. The molecule has 3 nitrogen and oxygen atoms in total. The number of carboxylic acid groups (broad SMARTS) is 1. The van der Waals surface area contributed by atoms with Gasteiger partial charge in [0.2, 0.25) is 0 Å². The van der Waals surface area contributed by atoms with Crippen molar-refractivity contribution in [1.82, 2.24) is 0 Å². The third-order valence-electron chi connectivity index (χ3n) is 5.66. The van der Waals surface area contributed by atoms with Gasteiger partial charge in [-0.3, -0.25) is 4.79 Å². The smallest absolute Gasteiger partial charge is 0.313 e. The quantitative estimate of drug-likeness (QED) is 0.855. The molecule has 1 aliphatic heterocycles. The van der Waals surface area contributed by atoms with Crippen LogP contribution in [-0.4, -0.2) is 17.7 Å². The highest BCUT2D eigenvalue weighted by Crippen LogP contribution is 2.41. The van der Waals surface area contributed by atoms with Gasteiger partial charge in [-0.15, -0.1) is 0 Å². The molecular weight excluding hydrogens is 288 g/mol. The van der Waals surface area contributed by atoms with Crippen molar-refractivity contribution in [3.63, 3.8) is 0 Å². The summed E-state index contributed by atoms with van der Waals surface area (Å²) in [5, 5.41) is 9.54. The average molecular weight is 316 g/mol. The second-order valence-corrected chi connectivity index (χ2v) is 7.61. The Balaban J connectivity index is 2.00. The molecule has 2 aliphatic rings. The maximum atomic E-state index is 11.6. The first kappa shape index (κ1) is 16.5. The van der Waals surface area contributed by atoms with E-state index < -0.39 is 11.4 Å². The SMILES string of the molecule is CC(C)(C(=O)O)c1ccc(C2CCCCC2)c(C2CCCO2)c1. The largest absolute Gasteiger partial charge is 0.481 e. The standard InChI is InChI=1S/C20H28O3/c1-20(2,19(21)22)15-10-11-16(14-7-4-3-5-8-14)17(13-15)18-9-6-12-23-18/h10-11,13-14,18H,3-9,12H2,1-2H3,(H,21,22). The molecule has 0 aromatic heterocycles. The van der Waals surface area contributed by atoms with Crippen molar-refractivity contribution in [3.05, 3.63) is 34.9 Å². The van der Waals surface area contributed by atoms with Crippen molar-refractivity contribution >= 4 is 5.97 Å². The van der Waals surface area contributed by atoms with Crippen LogP contribution in [0.3, 0.4) is 0 Å². The monoisotopic (exact) mass is 316 g/mol. The lowest BCUT2D eigenvalue weighted by molar-refractivity contribution is -0.142. The molecule has 1 unspecified atom stereocenters. The van der Waals surface area contributed by atoms with Crippen LogP contribution < -0.4 is 0 Å². The van der Waals surface area contributed by atoms with Crippen LogP contribution in [0, 0.1) is 0 Å². The molecule has 3 heteroatoms. The van der Waals surface area contributed by atoms with Crippen molar-refractivity contribution in [2.24, 2.45) is 0 Å². The molecular formula is C20H28O3. The molecule has 0 spiro atoms. The van der Waals surface area contributed by atoms with E-state index in [1.54, 1.807) is 13.8 Å². The Bertz CT molecular complexity index is 564. The molecule has 1 saturated heterocycles. The van der Waals surface area contributed by atoms with Crippen molar-refractivity contribution in [1.29, 1.82) is 0 Å². The molecule has 1 atom stereocenters. The zero-order valence-corrected chi connectivity index (χ0v) is 14.3. The highest BCUT2D eigenvalue weighted by atomic mass is 16.5. The molecule has 1 heterocycles. The predicted molar refractivity (Wildman–Crippen MR) is 90.9 cm³/mol. The van der Waals surface area contributed by atoms with Crippen molar-refractivity contribution in [3.8, 4) is 0 Å². The van der Waals surface area contributed by atoms with Crippen LogP contribution in [0.25, 0.3) is 0 Å². The first-order valence-electron chi connectivity index (χ1n) is 8.99. The highest BCUT2D eigenvalue weighted by molar-refractivity contribution is 5.80. The van der Waals surface area contributed by atoms with Gasteiger partial charge in [-0.05, 0) is 62.1 Å². The summed E-state index contributed by atoms with van der Waals surface area (Å²) < 4.78 is 5.95. The number of carbonyl (C=O) groups is 1. The number of hydrogen-bond donors (Lipinski definition) is 1. The first-order chi connectivity index (χ1) is 11.0. The summed E-state index contributed by atoms with van der Waals surface area (Å²) in [6.45, 7) is 4.38. The minimum Gasteiger partial charge on any atom is -0.481 e. The summed E-state index contributed by atoms with van der Waals surface area (Å²) in [5.41, 5.74) is 2.68.